The Kier molecular flexibility index (Phi) is 19.3. The molecule has 0 aromatic carbocycles. The molecule has 0 aromatic heterocycles. The van der Waals surface area contributed by atoms with E-state index in [1.165, 1.54) is 39.8 Å². The quantitative estimate of drug-likeness (QED) is 0.501. The normalized spacial score (nSPS) is 10.7. The van der Waals surface area contributed by atoms with Gasteiger partial charge < -0.3 is 15.3 Å². The number of carbonyl (C=O) groups is 3. The number of aliphatic carboxylic acids is 3. The summed E-state index contributed by atoms with van der Waals surface area (Å²) < 4.78 is 1.47. The van der Waals surface area contributed by atoms with Crippen LogP contribution >= 0.6 is 0 Å². The first kappa shape index (κ1) is 32.8. The van der Waals surface area contributed by atoms with Gasteiger partial charge in [0.05, 0.1) is 16.2 Å². The summed E-state index contributed by atoms with van der Waals surface area (Å²) >= 11 is 1.45. The average Bonchev–Trinajstić information content (AvgIpc) is 2.38. The molecule has 0 bridgehead atoms. The monoisotopic (exact) mass is 484 g/mol. The second-order valence-corrected chi connectivity index (χ2v) is 10.5. The molecule has 26 heavy (non-hydrogen) atoms. The van der Waals surface area contributed by atoms with E-state index in [0.717, 1.165) is 0 Å². The molecule has 0 fully saturated rings. The molecule has 0 heterocycles. The molecule has 0 aliphatic carbocycles. The number of hydrogen-bond donors (Lipinski definition) is 3. The summed E-state index contributed by atoms with van der Waals surface area (Å²) in [6, 6.07) is 0. The zero-order valence-corrected chi connectivity index (χ0v) is 21.6. The minimum atomic E-state index is -0.757. The van der Waals surface area contributed by atoms with Crippen LogP contribution in [0.3, 0.4) is 0 Å². The Hall–Kier alpha value is -0.791. The van der Waals surface area contributed by atoms with Gasteiger partial charge in [0.1, 0.15) is 0 Å². The summed E-state index contributed by atoms with van der Waals surface area (Å²) in [5.74, 6) is -2.27. The van der Waals surface area contributed by atoms with Crippen LogP contribution in [0.4, 0.5) is 0 Å². The first-order chi connectivity index (χ1) is 11.2. The molecule has 0 aliphatic rings. The molecule has 0 saturated carbocycles. The van der Waals surface area contributed by atoms with Crippen molar-refractivity contribution in [1.29, 1.82) is 0 Å². The van der Waals surface area contributed by atoms with Gasteiger partial charge in [0.2, 0.25) is 0 Å². The van der Waals surface area contributed by atoms with Gasteiger partial charge in [0.25, 0.3) is 0 Å². The standard InChI is InChI=1S/3C5H10O2.C4H9.Sn.H/c3*1-5(2,3)4(6)7;1-3-4-2;;/h3*1-3H3,(H,6,7);1,3-4H2,2H3;;. The fourth-order valence-electron chi connectivity index (χ4n) is 0.204. The van der Waals surface area contributed by atoms with Gasteiger partial charge in [-0.15, -0.1) is 0 Å². The molecule has 0 aromatic rings. The molecule has 0 amide bonds. The number of carboxylic acids is 3. The van der Waals surface area contributed by atoms with E-state index < -0.39 is 34.2 Å². The molecule has 0 aliphatic heterocycles. The van der Waals surface area contributed by atoms with Gasteiger partial charge in [0, 0.05) is 0 Å². The van der Waals surface area contributed by atoms with E-state index in [4.69, 9.17) is 15.3 Å². The summed E-state index contributed by atoms with van der Waals surface area (Å²) in [7, 11) is 0. The van der Waals surface area contributed by atoms with Gasteiger partial charge in [-0.2, -0.15) is 0 Å². The van der Waals surface area contributed by atoms with Crippen molar-refractivity contribution in [2.45, 2.75) is 86.5 Å². The third-order valence-corrected chi connectivity index (χ3v) is 3.65. The molecular formula is C19H40O6Sn. The Balaban J connectivity index is -0.000000125. The van der Waals surface area contributed by atoms with Crippen molar-refractivity contribution in [3.8, 4) is 0 Å². The summed E-state index contributed by atoms with van der Waals surface area (Å²) in [6.07, 6.45) is 2.82. The maximum atomic E-state index is 10.0. The molecule has 0 saturated heterocycles. The van der Waals surface area contributed by atoms with E-state index in [1.807, 2.05) is 0 Å². The molecule has 2 radical (unpaired) electrons. The van der Waals surface area contributed by atoms with Crippen LogP contribution in [0.1, 0.15) is 82.1 Å². The van der Waals surface area contributed by atoms with Crippen molar-refractivity contribution in [2.75, 3.05) is 0 Å². The summed E-state index contributed by atoms with van der Waals surface area (Å²) in [6.45, 7) is 17.2. The third kappa shape index (κ3) is 31.0. The van der Waals surface area contributed by atoms with E-state index in [0.29, 0.717) is 0 Å². The molecule has 0 spiro atoms. The Bertz CT molecular complexity index is 339. The van der Waals surface area contributed by atoms with Gasteiger partial charge >= 0.3 is 64.6 Å². The molecule has 0 unspecified atom stereocenters. The fourth-order valence-corrected chi connectivity index (χ4v) is 1.37. The van der Waals surface area contributed by atoms with E-state index in [2.05, 4.69) is 6.92 Å². The third-order valence-electron chi connectivity index (χ3n) is 2.48. The van der Waals surface area contributed by atoms with E-state index in [9.17, 15) is 14.4 Å². The van der Waals surface area contributed by atoms with Crippen LogP contribution in [0.15, 0.2) is 0 Å². The maximum absolute atomic E-state index is 10.0. The molecule has 6 nitrogen and oxygen atoms in total. The van der Waals surface area contributed by atoms with Crippen LogP contribution in [0.5, 0.6) is 0 Å². The van der Waals surface area contributed by atoms with Crippen molar-refractivity contribution < 1.29 is 29.7 Å². The Labute approximate surface area is 172 Å². The molecule has 3 N–H and O–H groups in total. The van der Waals surface area contributed by atoms with Gasteiger partial charge in [0.15, 0.2) is 0 Å². The van der Waals surface area contributed by atoms with Crippen molar-refractivity contribution >= 4 is 40.4 Å². The topological polar surface area (TPSA) is 112 Å². The molecule has 156 valence electrons. The number of hydrogen-bond acceptors (Lipinski definition) is 3. The molecule has 7 heteroatoms. The van der Waals surface area contributed by atoms with Crippen molar-refractivity contribution in [3.05, 3.63) is 0 Å². The second kappa shape index (κ2) is 15.3. The van der Waals surface area contributed by atoms with E-state index in [1.54, 1.807) is 62.3 Å². The number of carboxylic acid groups (broad SMARTS) is 3. The fraction of sp³-hybridized carbons (Fsp3) is 0.842. The second-order valence-electron chi connectivity index (χ2n) is 8.81. The molecule has 0 rings (SSSR count). The van der Waals surface area contributed by atoms with E-state index >= 15 is 0 Å². The Morgan fingerprint density at radius 2 is 0.808 bits per heavy atom. The number of unbranched alkanes of at least 4 members (excludes halogenated alkanes) is 1. The SMILES string of the molecule is CC(C)(C)C(=O)O.CC(C)(C)C(=O)O.CC(C)(C)C(=O)O.CCC[CH2][SnH]. The first-order valence-corrected chi connectivity index (χ1v) is 11.0. The molecular weight excluding hydrogens is 443 g/mol. The summed E-state index contributed by atoms with van der Waals surface area (Å²) in [5.41, 5.74) is -1.75. The van der Waals surface area contributed by atoms with Gasteiger partial charge in [-0.3, -0.25) is 14.4 Å². The Morgan fingerprint density at radius 1 is 0.654 bits per heavy atom. The van der Waals surface area contributed by atoms with Gasteiger partial charge in [-0.05, 0) is 62.3 Å². The predicted octanol–water partition coefficient (Wildman–Crippen LogP) is 4.46. The Morgan fingerprint density at radius 3 is 0.808 bits per heavy atom. The zero-order chi connectivity index (χ0) is 22.4. The van der Waals surface area contributed by atoms with Crippen LogP contribution in [-0.2, 0) is 14.4 Å². The van der Waals surface area contributed by atoms with E-state index in [-0.39, 0.29) is 0 Å². The summed E-state index contributed by atoms with van der Waals surface area (Å²) in [5, 5.41) is 24.8. The van der Waals surface area contributed by atoms with Crippen molar-refractivity contribution in [3.63, 3.8) is 0 Å². The van der Waals surface area contributed by atoms with Crippen molar-refractivity contribution in [2.24, 2.45) is 16.2 Å². The number of rotatable bonds is 2. The minimum absolute atomic E-state index is 0.583. The van der Waals surface area contributed by atoms with Crippen LogP contribution in [0, 0.1) is 16.2 Å². The van der Waals surface area contributed by atoms with Crippen LogP contribution in [0.25, 0.3) is 0 Å². The van der Waals surface area contributed by atoms with Crippen molar-refractivity contribution in [1.82, 2.24) is 0 Å². The van der Waals surface area contributed by atoms with Crippen LogP contribution in [-0.4, -0.2) is 55.8 Å². The first-order valence-electron chi connectivity index (χ1n) is 8.65. The average molecular weight is 483 g/mol. The summed E-state index contributed by atoms with van der Waals surface area (Å²) in [4.78, 5) is 30.1. The molecule has 0 atom stereocenters. The predicted molar refractivity (Wildman–Crippen MR) is 108 cm³/mol. The van der Waals surface area contributed by atoms with Gasteiger partial charge in [-0.1, -0.05) is 0 Å². The van der Waals surface area contributed by atoms with Crippen LogP contribution < -0.4 is 0 Å². The van der Waals surface area contributed by atoms with Crippen LogP contribution in [0.2, 0.25) is 4.44 Å². The van der Waals surface area contributed by atoms with Gasteiger partial charge in [-0.25, -0.2) is 0 Å². The zero-order valence-electron chi connectivity index (χ0n) is 18.3.